The summed E-state index contributed by atoms with van der Waals surface area (Å²) in [6, 6.07) is 0. The van der Waals surface area contributed by atoms with Gasteiger partial charge in [-0.05, 0) is 32.6 Å². The Morgan fingerprint density at radius 3 is 2.35 bits per heavy atom. The van der Waals surface area contributed by atoms with Gasteiger partial charge in [-0.3, -0.25) is 4.99 Å². The summed E-state index contributed by atoms with van der Waals surface area (Å²) in [5, 5.41) is 6.29. The molecule has 7 nitrogen and oxygen atoms in total. The van der Waals surface area contributed by atoms with Crippen molar-refractivity contribution < 1.29 is 13.2 Å². The van der Waals surface area contributed by atoms with Gasteiger partial charge in [0, 0.05) is 33.2 Å². The van der Waals surface area contributed by atoms with Crippen molar-refractivity contribution in [2.24, 2.45) is 10.9 Å². The van der Waals surface area contributed by atoms with Crippen LogP contribution < -0.4 is 10.6 Å². The zero-order valence-corrected chi connectivity index (χ0v) is 17.3. The molecule has 0 aromatic carbocycles. The second kappa shape index (κ2) is 9.38. The average Bonchev–Trinajstić information content (AvgIpc) is 3.25. The van der Waals surface area contributed by atoms with Crippen LogP contribution in [-0.2, 0) is 14.8 Å². The molecule has 2 atom stereocenters. The van der Waals surface area contributed by atoms with Crippen LogP contribution in [0.15, 0.2) is 4.99 Å². The van der Waals surface area contributed by atoms with Crippen molar-refractivity contribution in [3.63, 3.8) is 0 Å². The molecular formula is C14H29IN4O3S. The predicted molar refractivity (Wildman–Crippen MR) is 103 cm³/mol. The van der Waals surface area contributed by atoms with Gasteiger partial charge in [-0.15, -0.1) is 24.0 Å². The predicted octanol–water partition coefficient (Wildman–Crippen LogP) is 0.618. The average molecular weight is 460 g/mol. The fraction of sp³-hybridized carbons (Fsp3) is 0.929. The number of sulfonamides is 1. The van der Waals surface area contributed by atoms with E-state index in [1.54, 1.807) is 7.05 Å². The van der Waals surface area contributed by atoms with Crippen LogP contribution in [0, 0.1) is 5.92 Å². The Kier molecular flexibility index (Phi) is 8.53. The zero-order valence-electron chi connectivity index (χ0n) is 14.1. The van der Waals surface area contributed by atoms with Crippen molar-refractivity contribution in [2.45, 2.75) is 38.9 Å². The molecule has 0 radical (unpaired) electrons. The first-order chi connectivity index (χ1) is 10.4. The molecule has 23 heavy (non-hydrogen) atoms. The molecule has 1 aliphatic carbocycles. The van der Waals surface area contributed by atoms with E-state index in [0.29, 0.717) is 25.6 Å². The van der Waals surface area contributed by atoms with Crippen molar-refractivity contribution in [1.82, 2.24) is 14.9 Å². The first-order valence-corrected chi connectivity index (χ1v) is 9.59. The molecule has 2 unspecified atom stereocenters. The first kappa shape index (κ1) is 20.9. The highest BCUT2D eigenvalue weighted by atomic mass is 127. The third-order valence-corrected chi connectivity index (χ3v) is 5.72. The maximum atomic E-state index is 12.4. The smallest absolute Gasteiger partial charge is 0.216 e. The molecular weight excluding hydrogens is 431 g/mol. The number of aliphatic imine (C=N–C) groups is 1. The van der Waals surface area contributed by atoms with E-state index in [1.165, 1.54) is 17.1 Å². The Bertz CT molecular complexity index is 486. The number of hydrogen-bond acceptors (Lipinski definition) is 4. The lowest BCUT2D eigenvalue weighted by Crippen LogP contribution is -2.50. The number of halogens is 1. The molecule has 0 spiro atoms. The maximum absolute atomic E-state index is 12.4. The molecule has 0 aromatic rings. The monoisotopic (exact) mass is 460 g/mol. The molecule has 0 amide bonds. The summed E-state index contributed by atoms with van der Waals surface area (Å²) in [5.41, 5.74) is 0. The van der Waals surface area contributed by atoms with Crippen LogP contribution in [0.5, 0.6) is 0 Å². The van der Waals surface area contributed by atoms with E-state index < -0.39 is 10.0 Å². The molecule has 0 bridgehead atoms. The normalized spacial score (nSPS) is 26.5. The second-order valence-electron chi connectivity index (χ2n) is 6.21. The standard InChI is InChI=1S/C14H28N4O3S.HI/c1-11-9-18(10-12(2)21-11)22(19,20)7-6-16-14(15-3)17-8-13-4-5-13;/h11-13H,4-10H2,1-3H3,(H2,15,16,17);1H. The van der Waals surface area contributed by atoms with Crippen molar-refractivity contribution in [3.8, 4) is 0 Å². The van der Waals surface area contributed by atoms with Gasteiger partial charge in [0.15, 0.2) is 5.96 Å². The molecule has 1 heterocycles. The van der Waals surface area contributed by atoms with Crippen molar-refractivity contribution in [2.75, 3.05) is 39.0 Å². The largest absolute Gasteiger partial charge is 0.373 e. The third kappa shape index (κ3) is 7.10. The summed E-state index contributed by atoms with van der Waals surface area (Å²) in [6.45, 7) is 5.93. The summed E-state index contributed by atoms with van der Waals surface area (Å²) < 4.78 is 31.9. The molecule has 1 aliphatic heterocycles. The number of morpholine rings is 1. The first-order valence-electron chi connectivity index (χ1n) is 7.98. The number of nitrogens with zero attached hydrogens (tertiary/aromatic N) is 2. The minimum absolute atomic E-state index is 0. The highest BCUT2D eigenvalue weighted by Gasteiger charge is 2.30. The number of guanidine groups is 1. The van der Waals surface area contributed by atoms with Gasteiger partial charge in [-0.25, -0.2) is 8.42 Å². The Hall–Kier alpha value is -0.130. The number of rotatable bonds is 6. The number of hydrogen-bond donors (Lipinski definition) is 2. The Morgan fingerprint density at radius 1 is 1.22 bits per heavy atom. The Labute approximate surface area is 156 Å². The van der Waals surface area contributed by atoms with E-state index in [0.717, 1.165) is 12.5 Å². The SMILES string of the molecule is CN=C(NCCS(=O)(=O)N1CC(C)OC(C)C1)NCC1CC1.I. The van der Waals surface area contributed by atoms with Gasteiger partial charge in [0.25, 0.3) is 0 Å². The van der Waals surface area contributed by atoms with Gasteiger partial charge in [-0.1, -0.05) is 0 Å². The van der Waals surface area contributed by atoms with Crippen molar-refractivity contribution >= 4 is 40.0 Å². The van der Waals surface area contributed by atoms with Crippen LogP contribution >= 0.6 is 24.0 Å². The molecule has 2 rings (SSSR count). The van der Waals surface area contributed by atoms with E-state index >= 15 is 0 Å². The van der Waals surface area contributed by atoms with E-state index in [9.17, 15) is 8.42 Å². The summed E-state index contributed by atoms with van der Waals surface area (Å²) in [7, 11) is -1.57. The summed E-state index contributed by atoms with van der Waals surface area (Å²) in [4.78, 5) is 4.11. The van der Waals surface area contributed by atoms with Gasteiger partial charge in [-0.2, -0.15) is 4.31 Å². The Balaban J connectivity index is 0.00000264. The van der Waals surface area contributed by atoms with Crippen LogP contribution in [-0.4, -0.2) is 69.9 Å². The van der Waals surface area contributed by atoms with Crippen LogP contribution in [0.2, 0.25) is 0 Å². The quantitative estimate of drug-likeness (QED) is 0.345. The Morgan fingerprint density at radius 2 is 1.83 bits per heavy atom. The maximum Gasteiger partial charge on any atom is 0.216 e. The molecule has 136 valence electrons. The molecule has 9 heteroatoms. The topological polar surface area (TPSA) is 83.0 Å². The number of nitrogens with one attached hydrogen (secondary N) is 2. The lowest BCUT2D eigenvalue weighted by atomic mass is 10.3. The summed E-state index contributed by atoms with van der Waals surface area (Å²) in [6.07, 6.45) is 2.43. The van der Waals surface area contributed by atoms with Crippen molar-refractivity contribution in [1.29, 1.82) is 0 Å². The van der Waals surface area contributed by atoms with E-state index in [2.05, 4.69) is 15.6 Å². The third-order valence-electron chi connectivity index (χ3n) is 3.91. The molecule has 1 saturated heterocycles. The minimum Gasteiger partial charge on any atom is -0.373 e. The fourth-order valence-corrected chi connectivity index (χ4v) is 4.06. The van der Waals surface area contributed by atoms with Gasteiger partial charge in [0.2, 0.25) is 10.0 Å². The van der Waals surface area contributed by atoms with E-state index in [1.807, 2.05) is 13.8 Å². The van der Waals surface area contributed by atoms with Gasteiger partial charge >= 0.3 is 0 Å². The molecule has 0 aromatic heterocycles. The number of ether oxygens (including phenoxy) is 1. The molecule has 2 N–H and O–H groups in total. The fourth-order valence-electron chi connectivity index (χ4n) is 2.57. The minimum atomic E-state index is -3.26. The molecule has 2 aliphatic rings. The summed E-state index contributed by atoms with van der Waals surface area (Å²) in [5.74, 6) is 1.49. The lowest BCUT2D eigenvalue weighted by molar-refractivity contribution is -0.0440. The van der Waals surface area contributed by atoms with Gasteiger partial charge in [0.05, 0.1) is 18.0 Å². The van der Waals surface area contributed by atoms with Crippen LogP contribution in [0.3, 0.4) is 0 Å². The van der Waals surface area contributed by atoms with Gasteiger partial charge < -0.3 is 15.4 Å². The van der Waals surface area contributed by atoms with Crippen LogP contribution in [0.4, 0.5) is 0 Å². The summed E-state index contributed by atoms with van der Waals surface area (Å²) >= 11 is 0. The van der Waals surface area contributed by atoms with Crippen LogP contribution in [0.25, 0.3) is 0 Å². The second-order valence-corrected chi connectivity index (χ2v) is 8.30. The van der Waals surface area contributed by atoms with Crippen molar-refractivity contribution in [3.05, 3.63) is 0 Å². The highest BCUT2D eigenvalue weighted by Crippen LogP contribution is 2.27. The molecule has 1 saturated carbocycles. The van der Waals surface area contributed by atoms with Crippen LogP contribution in [0.1, 0.15) is 26.7 Å². The van der Waals surface area contributed by atoms with E-state index in [-0.39, 0.29) is 41.9 Å². The van der Waals surface area contributed by atoms with Gasteiger partial charge in [0.1, 0.15) is 0 Å². The highest BCUT2D eigenvalue weighted by molar-refractivity contribution is 14.0. The molecule has 2 fully saturated rings. The zero-order chi connectivity index (χ0) is 16.2. The lowest BCUT2D eigenvalue weighted by Gasteiger charge is -2.34. The van der Waals surface area contributed by atoms with E-state index in [4.69, 9.17) is 4.74 Å².